The van der Waals surface area contributed by atoms with Crippen molar-refractivity contribution >= 4 is 16.2 Å². The first kappa shape index (κ1) is 14.0. The molecule has 1 aliphatic rings. The number of nitrogens with one attached hydrogen (secondary N) is 1. The lowest BCUT2D eigenvalue weighted by molar-refractivity contribution is -0.142. The zero-order chi connectivity index (χ0) is 13.9. The Morgan fingerprint density at radius 1 is 1.53 bits per heavy atom. The van der Waals surface area contributed by atoms with Gasteiger partial charge < -0.3 is 9.52 Å². The van der Waals surface area contributed by atoms with Gasteiger partial charge in [0, 0.05) is 6.54 Å². The van der Waals surface area contributed by atoms with Gasteiger partial charge in [-0.15, -0.1) is 0 Å². The van der Waals surface area contributed by atoms with Gasteiger partial charge in [-0.05, 0) is 31.4 Å². The number of rotatable bonds is 5. The van der Waals surface area contributed by atoms with Crippen molar-refractivity contribution in [2.45, 2.75) is 31.8 Å². The Labute approximate surface area is 111 Å². The van der Waals surface area contributed by atoms with Crippen molar-refractivity contribution in [3.05, 3.63) is 24.2 Å². The highest BCUT2D eigenvalue weighted by Gasteiger charge is 2.36. The molecule has 0 bridgehead atoms. The summed E-state index contributed by atoms with van der Waals surface area (Å²) in [7, 11) is -3.81. The molecule has 0 saturated carbocycles. The minimum atomic E-state index is -3.81. The quantitative estimate of drug-likeness (QED) is 0.824. The Balaban J connectivity index is 2.06. The molecule has 1 unspecified atom stereocenters. The topological polar surface area (TPSA) is 99.9 Å². The third kappa shape index (κ3) is 3.34. The molecule has 1 fully saturated rings. The minimum absolute atomic E-state index is 0.0121. The number of carbonyl (C=O) groups is 1. The van der Waals surface area contributed by atoms with E-state index in [-0.39, 0.29) is 13.1 Å². The van der Waals surface area contributed by atoms with Crippen molar-refractivity contribution in [1.82, 2.24) is 9.03 Å². The number of hydrogen-bond donors (Lipinski definition) is 2. The zero-order valence-corrected chi connectivity index (χ0v) is 11.1. The highest BCUT2D eigenvalue weighted by molar-refractivity contribution is 7.87. The van der Waals surface area contributed by atoms with Crippen molar-refractivity contribution in [1.29, 1.82) is 0 Å². The molecule has 1 aliphatic heterocycles. The molecule has 1 aromatic heterocycles. The number of carboxylic acids is 1. The van der Waals surface area contributed by atoms with Gasteiger partial charge in [-0.3, -0.25) is 4.79 Å². The van der Waals surface area contributed by atoms with Crippen LogP contribution in [0.2, 0.25) is 0 Å². The van der Waals surface area contributed by atoms with E-state index in [1.165, 1.54) is 6.26 Å². The molecule has 0 spiro atoms. The first-order valence-corrected chi connectivity index (χ1v) is 7.46. The summed E-state index contributed by atoms with van der Waals surface area (Å²) in [6.07, 6.45) is 3.19. The second-order valence-corrected chi connectivity index (χ2v) is 6.07. The molecule has 2 N–H and O–H groups in total. The Hall–Kier alpha value is -1.38. The number of piperidine rings is 1. The molecular formula is C11H16N2O5S. The van der Waals surface area contributed by atoms with E-state index in [0.29, 0.717) is 18.6 Å². The first-order chi connectivity index (χ1) is 9.00. The number of hydrogen-bond acceptors (Lipinski definition) is 4. The number of carboxylic acid groups (broad SMARTS) is 1. The van der Waals surface area contributed by atoms with Gasteiger partial charge >= 0.3 is 5.97 Å². The van der Waals surface area contributed by atoms with Gasteiger partial charge in [0.1, 0.15) is 11.8 Å². The SMILES string of the molecule is O=C(O)C1CCCCN1S(=O)(=O)NCc1ccco1. The second kappa shape index (κ2) is 5.72. The van der Waals surface area contributed by atoms with Crippen LogP contribution in [0.15, 0.2) is 22.8 Å². The molecule has 0 aliphatic carbocycles. The van der Waals surface area contributed by atoms with Gasteiger partial charge in [-0.2, -0.15) is 17.4 Å². The number of nitrogens with zero attached hydrogens (tertiary/aromatic N) is 1. The van der Waals surface area contributed by atoms with Crippen LogP contribution in [0.1, 0.15) is 25.0 Å². The van der Waals surface area contributed by atoms with Crippen molar-refractivity contribution < 1.29 is 22.7 Å². The Morgan fingerprint density at radius 2 is 2.32 bits per heavy atom. The highest BCUT2D eigenvalue weighted by atomic mass is 32.2. The van der Waals surface area contributed by atoms with Crippen LogP contribution in [0.25, 0.3) is 0 Å². The first-order valence-electron chi connectivity index (χ1n) is 6.02. The van der Waals surface area contributed by atoms with Crippen molar-refractivity contribution in [2.24, 2.45) is 0 Å². The molecule has 1 saturated heterocycles. The Bertz CT molecular complexity index is 525. The molecule has 2 rings (SSSR count). The van der Waals surface area contributed by atoms with Crippen LogP contribution in [0.3, 0.4) is 0 Å². The fourth-order valence-electron chi connectivity index (χ4n) is 2.10. The van der Waals surface area contributed by atoms with Crippen LogP contribution >= 0.6 is 0 Å². The number of furan rings is 1. The van der Waals surface area contributed by atoms with E-state index in [9.17, 15) is 13.2 Å². The van der Waals surface area contributed by atoms with Gasteiger partial charge in [0.2, 0.25) is 0 Å². The smallest absolute Gasteiger partial charge is 0.322 e. The summed E-state index contributed by atoms with van der Waals surface area (Å²) in [6.45, 7) is 0.239. The summed E-state index contributed by atoms with van der Waals surface area (Å²) in [5, 5.41) is 9.07. The van der Waals surface area contributed by atoms with Crippen LogP contribution in [0.4, 0.5) is 0 Å². The fourth-order valence-corrected chi connectivity index (χ4v) is 3.49. The third-order valence-electron chi connectivity index (χ3n) is 3.06. The third-order valence-corrected chi connectivity index (χ3v) is 4.62. The maximum Gasteiger partial charge on any atom is 0.322 e. The van der Waals surface area contributed by atoms with E-state index in [1.807, 2.05) is 0 Å². The van der Waals surface area contributed by atoms with Gasteiger partial charge in [-0.25, -0.2) is 0 Å². The van der Waals surface area contributed by atoms with Crippen LogP contribution in [-0.4, -0.2) is 36.4 Å². The predicted molar refractivity (Wildman–Crippen MR) is 66.4 cm³/mol. The van der Waals surface area contributed by atoms with Crippen molar-refractivity contribution in [2.75, 3.05) is 6.54 Å². The molecule has 2 heterocycles. The molecule has 7 nitrogen and oxygen atoms in total. The van der Waals surface area contributed by atoms with E-state index < -0.39 is 22.2 Å². The van der Waals surface area contributed by atoms with Gasteiger partial charge in [-0.1, -0.05) is 0 Å². The largest absolute Gasteiger partial charge is 0.480 e. The molecule has 8 heteroatoms. The maximum atomic E-state index is 12.1. The normalized spacial score (nSPS) is 21.4. The summed E-state index contributed by atoms with van der Waals surface area (Å²) >= 11 is 0. The lowest BCUT2D eigenvalue weighted by Crippen LogP contribution is -2.51. The fraction of sp³-hybridized carbons (Fsp3) is 0.545. The minimum Gasteiger partial charge on any atom is -0.480 e. The van der Waals surface area contributed by atoms with Gasteiger partial charge in [0.25, 0.3) is 10.2 Å². The maximum absolute atomic E-state index is 12.1. The lowest BCUT2D eigenvalue weighted by atomic mass is 10.1. The van der Waals surface area contributed by atoms with E-state index >= 15 is 0 Å². The Morgan fingerprint density at radius 3 is 2.95 bits per heavy atom. The molecule has 0 radical (unpaired) electrons. The average molecular weight is 288 g/mol. The molecule has 0 aromatic carbocycles. The van der Waals surface area contributed by atoms with Crippen LogP contribution in [0, 0.1) is 0 Å². The van der Waals surface area contributed by atoms with E-state index in [4.69, 9.17) is 9.52 Å². The van der Waals surface area contributed by atoms with Gasteiger partial charge in [0.15, 0.2) is 0 Å². The van der Waals surface area contributed by atoms with Crippen LogP contribution in [-0.2, 0) is 21.5 Å². The van der Waals surface area contributed by atoms with Crippen molar-refractivity contribution in [3.8, 4) is 0 Å². The molecule has 1 atom stereocenters. The zero-order valence-electron chi connectivity index (χ0n) is 10.3. The average Bonchev–Trinajstić information content (AvgIpc) is 2.89. The highest BCUT2D eigenvalue weighted by Crippen LogP contribution is 2.20. The van der Waals surface area contributed by atoms with Crippen LogP contribution in [0.5, 0.6) is 0 Å². The molecular weight excluding hydrogens is 272 g/mol. The van der Waals surface area contributed by atoms with Crippen molar-refractivity contribution in [3.63, 3.8) is 0 Å². The summed E-state index contributed by atoms with van der Waals surface area (Å²) in [5.41, 5.74) is 0. The monoisotopic (exact) mass is 288 g/mol. The molecule has 0 amide bonds. The molecule has 19 heavy (non-hydrogen) atoms. The van der Waals surface area contributed by atoms with E-state index in [2.05, 4.69) is 4.72 Å². The van der Waals surface area contributed by atoms with E-state index in [1.54, 1.807) is 12.1 Å². The van der Waals surface area contributed by atoms with Gasteiger partial charge in [0.05, 0.1) is 12.8 Å². The number of aliphatic carboxylic acids is 1. The molecule has 106 valence electrons. The van der Waals surface area contributed by atoms with Crippen LogP contribution < -0.4 is 4.72 Å². The summed E-state index contributed by atoms with van der Waals surface area (Å²) in [6, 6.07) is 2.32. The summed E-state index contributed by atoms with van der Waals surface area (Å²) in [4.78, 5) is 11.1. The van der Waals surface area contributed by atoms with E-state index in [0.717, 1.165) is 10.7 Å². The second-order valence-electron chi connectivity index (χ2n) is 4.37. The predicted octanol–water partition coefficient (Wildman–Crippen LogP) is 0.553. The standard InChI is InChI=1S/C11H16N2O5S/c14-11(15)10-5-1-2-6-13(10)19(16,17)12-8-9-4-3-7-18-9/h3-4,7,10,12H,1-2,5-6,8H2,(H,14,15). The lowest BCUT2D eigenvalue weighted by Gasteiger charge is -2.31. The Kier molecular flexibility index (Phi) is 4.23. The summed E-state index contributed by atoms with van der Waals surface area (Å²) < 4.78 is 32.6. The summed E-state index contributed by atoms with van der Waals surface area (Å²) in [5.74, 6) is -0.629. The molecule has 1 aromatic rings.